The Hall–Kier alpha value is -1.33. The Kier molecular flexibility index (Phi) is 3.96. The van der Waals surface area contributed by atoms with Gasteiger partial charge in [0, 0.05) is 4.88 Å². The van der Waals surface area contributed by atoms with Crippen molar-refractivity contribution in [1.82, 2.24) is 0 Å². The van der Waals surface area contributed by atoms with Gasteiger partial charge in [0.2, 0.25) is 0 Å². The molecule has 19 heavy (non-hydrogen) atoms. The number of thiophene rings is 1. The summed E-state index contributed by atoms with van der Waals surface area (Å²) < 4.78 is 29.4. The molecule has 0 saturated carbocycles. The van der Waals surface area contributed by atoms with Crippen molar-refractivity contribution in [1.29, 1.82) is 0 Å². The van der Waals surface area contributed by atoms with Gasteiger partial charge in [-0.05, 0) is 42.7 Å². The van der Waals surface area contributed by atoms with Gasteiger partial charge < -0.3 is 4.18 Å². The molecule has 0 saturated heterocycles. The molecular formula is C14H16O3S2. The number of benzene rings is 1. The number of hydrogen-bond donors (Lipinski definition) is 0. The van der Waals surface area contributed by atoms with E-state index in [0.717, 1.165) is 10.4 Å². The van der Waals surface area contributed by atoms with Crippen molar-refractivity contribution in [3.63, 3.8) is 0 Å². The maximum atomic E-state index is 12.0. The monoisotopic (exact) mass is 296 g/mol. The molecule has 0 aliphatic heterocycles. The Labute approximate surface area is 118 Å². The fourth-order valence-corrected chi connectivity index (χ4v) is 3.80. The zero-order valence-electron chi connectivity index (χ0n) is 11.1. The zero-order valence-corrected chi connectivity index (χ0v) is 12.7. The molecule has 1 heterocycles. The van der Waals surface area contributed by atoms with Crippen molar-refractivity contribution < 1.29 is 12.6 Å². The highest BCUT2D eigenvalue weighted by Crippen LogP contribution is 2.25. The first-order valence-corrected chi connectivity index (χ1v) is 8.22. The summed E-state index contributed by atoms with van der Waals surface area (Å²) in [5.41, 5.74) is 1.15. The van der Waals surface area contributed by atoms with Gasteiger partial charge in [-0.3, -0.25) is 0 Å². The van der Waals surface area contributed by atoms with Crippen molar-refractivity contribution in [2.75, 3.05) is 0 Å². The minimum Gasteiger partial charge on any atom is -0.378 e. The van der Waals surface area contributed by atoms with Crippen LogP contribution in [0, 0.1) is 6.92 Å². The van der Waals surface area contributed by atoms with Crippen LogP contribution in [-0.2, 0) is 10.1 Å². The van der Waals surface area contributed by atoms with Gasteiger partial charge in [-0.25, -0.2) is 0 Å². The molecule has 0 radical (unpaired) electrons. The van der Waals surface area contributed by atoms with E-state index in [1.165, 1.54) is 11.3 Å². The van der Waals surface area contributed by atoms with E-state index in [9.17, 15) is 8.42 Å². The molecule has 0 spiro atoms. The summed E-state index contributed by atoms with van der Waals surface area (Å²) in [6.07, 6.45) is 0. The first-order valence-electron chi connectivity index (χ1n) is 5.99. The summed E-state index contributed by atoms with van der Waals surface area (Å²) in [6, 6.07) is 10.5. The van der Waals surface area contributed by atoms with Gasteiger partial charge in [-0.2, -0.15) is 8.42 Å². The van der Waals surface area contributed by atoms with Crippen LogP contribution in [0.4, 0.5) is 0 Å². The van der Waals surface area contributed by atoms with Crippen molar-refractivity contribution in [3.05, 3.63) is 46.8 Å². The lowest BCUT2D eigenvalue weighted by atomic mass is 10.0. The van der Waals surface area contributed by atoms with E-state index in [2.05, 4.69) is 13.8 Å². The predicted molar refractivity (Wildman–Crippen MR) is 77.4 cm³/mol. The Balaban J connectivity index is 2.21. The first-order chi connectivity index (χ1) is 8.88. The Morgan fingerprint density at radius 3 is 2.16 bits per heavy atom. The molecule has 2 rings (SSSR count). The second-order valence-corrected chi connectivity index (χ2v) is 7.69. The lowest BCUT2D eigenvalue weighted by molar-refractivity contribution is 0.488. The van der Waals surface area contributed by atoms with Crippen molar-refractivity contribution in [2.24, 2.45) is 0 Å². The highest BCUT2D eigenvalue weighted by atomic mass is 32.3. The average Bonchev–Trinajstić information content (AvgIpc) is 2.77. The minimum absolute atomic E-state index is 0.234. The molecule has 0 atom stereocenters. The molecule has 1 aromatic heterocycles. The molecule has 0 bridgehead atoms. The van der Waals surface area contributed by atoms with E-state index in [1.54, 1.807) is 24.3 Å². The van der Waals surface area contributed by atoms with Gasteiger partial charge in [-0.1, -0.05) is 26.0 Å². The molecule has 0 N–H and O–H groups in total. The molecule has 0 fully saturated rings. The number of hydrogen-bond acceptors (Lipinski definition) is 4. The van der Waals surface area contributed by atoms with Gasteiger partial charge in [0.1, 0.15) is 5.75 Å². The predicted octanol–water partition coefficient (Wildman–Crippen LogP) is 3.95. The van der Waals surface area contributed by atoms with Crippen molar-refractivity contribution in [2.45, 2.75) is 30.9 Å². The summed E-state index contributed by atoms with van der Waals surface area (Å²) >= 11 is 1.21. The van der Waals surface area contributed by atoms with Gasteiger partial charge in [-0.15, -0.1) is 11.3 Å². The summed E-state index contributed by atoms with van der Waals surface area (Å²) in [6.45, 7) is 6.03. The van der Waals surface area contributed by atoms with Crippen LogP contribution in [0.25, 0.3) is 0 Å². The topological polar surface area (TPSA) is 43.4 Å². The smallest absolute Gasteiger partial charge is 0.348 e. The van der Waals surface area contributed by atoms with Gasteiger partial charge in [0.05, 0.1) is 0 Å². The van der Waals surface area contributed by atoms with Crippen LogP contribution in [0.2, 0.25) is 0 Å². The van der Waals surface area contributed by atoms with Crippen LogP contribution in [0.5, 0.6) is 5.75 Å². The summed E-state index contributed by atoms with van der Waals surface area (Å²) in [7, 11) is -3.71. The quantitative estimate of drug-likeness (QED) is 0.802. The first kappa shape index (κ1) is 14.1. The van der Waals surface area contributed by atoms with E-state index in [0.29, 0.717) is 11.7 Å². The fourth-order valence-electron chi connectivity index (χ4n) is 1.62. The molecule has 102 valence electrons. The molecule has 2 aromatic rings. The maximum absolute atomic E-state index is 12.0. The van der Waals surface area contributed by atoms with E-state index in [1.807, 2.05) is 19.1 Å². The molecule has 0 aliphatic carbocycles. The van der Waals surface area contributed by atoms with E-state index < -0.39 is 10.1 Å². The van der Waals surface area contributed by atoms with Crippen LogP contribution in [0.1, 0.15) is 30.2 Å². The normalized spacial score (nSPS) is 11.8. The summed E-state index contributed by atoms with van der Waals surface area (Å²) in [5.74, 6) is 0.751. The lowest BCUT2D eigenvalue weighted by Crippen LogP contribution is -2.07. The maximum Gasteiger partial charge on any atom is 0.348 e. The Morgan fingerprint density at radius 2 is 1.68 bits per heavy atom. The standard InChI is InChI=1S/C14H16O3S2/c1-10(2)12-5-7-13(8-6-12)17-19(15,16)14-9-4-11(3)18-14/h4-10H,1-3H3. The molecule has 0 aliphatic rings. The van der Waals surface area contributed by atoms with Crippen LogP contribution < -0.4 is 4.18 Å². The van der Waals surface area contributed by atoms with Crippen molar-refractivity contribution >= 4 is 21.5 Å². The lowest BCUT2D eigenvalue weighted by Gasteiger charge is -2.08. The third-order valence-corrected chi connectivity index (χ3v) is 5.41. The zero-order chi connectivity index (χ0) is 14.0. The van der Waals surface area contributed by atoms with E-state index in [-0.39, 0.29) is 4.21 Å². The number of rotatable bonds is 4. The van der Waals surface area contributed by atoms with Gasteiger partial charge in [0.25, 0.3) is 0 Å². The third-order valence-electron chi connectivity index (χ3n) is 2.71. The summed E-state index contributed by atoms with van der Waals surface area (Å²) in [5, 5.41) is 0. The second kappa shape index (κ2) is 5.35. The van der Waals surface area contributed by atoms with E-state index >= 15 is 0 Å². The molecule has 1 aromatic carbocycles. The summed E-state index contributed by atoms with van der Waals surface area (Å²) in [4.78, 5) is 0.942. The van der Waals surface area contributed by atoms with Crippen LogP contribution >= 0.6 is 11.3 Å². The molecule has 0 amide bonds. The van der Waals surface area contributed by atoms with Crippen LogP contribution in [0.3, 0.4) is 0 Å². The highest BCUT2D eigenvalue weighted by molar-refractivity contribution is 7.89. The number of aryl methyl sites for hydroxylation is 1. The average molecular weight is 296 g/mol. The second-order valence-electron chi connectivity index (χ2n) is 4.63. The fraction of sp³-hybridized carbons (Fsp3) is 0.286. The largest absolute Gasteiger partial charge is 0.378 e. The SMILES string of the molecule is Cc1ccc(S(=O)(=O)Oc2ccc(C(C)C)cc2)s1. The molecule has 3 nitrogen and oxygen atoms in total. The van der Waals surface area contributed by atoms with Gasteiger partial charge in [0.15, 0.2) is 4.21 Å². The van der Waals surface area contributed by atoms with Gasteiger partial charge >= 0.3 is 10.1 Å². The minimum atomic E-state index is -3.71. The third kappa shape index (κ3) is 3.36. The highest BCUT2D eigenvalue weighted by Gasteiger charge is 2.18. The molecule has 0 unspecified atom stereocenters. The van der Waals surface area contributed by atoms with Crippen molar-refractivity contribution in [3.8, 4) is 5.75 Å². The van der Waals surface area contributed by atoms with Crippen LogP contribution in [-0.4, -0.2) is 8.42 Å². The van der Waals surface area contributed by atoms with Crippen LogP contribution in [0.15, 0.2) is 40.6 Å². The molecular weight excluding hydrogens is 280 g/mol. The Morgan fingerprint density at radius 1 is 1.05 bits per heavy atom. The Bertz CT molecular complexity index is 652. The molecule has 5 heteroatoms. The van der Waals surface area contributed by atoms with E-state index in [4.69, 9.17) is 4.18 Å².